The summed E-state index contributed by atoms with van der Waals surface area (Å²) in [6, 6.07) is 0. The number of ether oxygens (including phenoxy) is 2. The number of rotatable bonds is 0. The first-order chi connectivity index (χ1) is 5.20. The lowest BCUT2D eigenvalue weighted by Crippen LogP contribution is -2.56. The molecule has 0 aromatic heterocycles. The molecular formula is C6H9AlO4. The van der Waals surface area contributed by atoms with Gasteiger partial charge in [0.1, 0.15) is 0 Å². The molecule has 2 fully saturated rings. The molecule has 0 unspecified atom stereocenters. The van der Waals surface area contributed by atoms with Crippen molar-refractivity contribution in [3.05, 3.63) is 0 Å². The quantitative estimate of drug-likeness (QED) is 0.407. The Labute approximate surface area is 69.1 Å². The van der Waals surface area contributed by atoms with Gasteiger partial charge in [-0.3, -0.25) is 0 Å². The largest absolute Gasteiger partial charge is 0.518 e. The van der Waals surface area contributed by atoms with Crippen LogP contribution < -0.4 is 0 Å². The minimum atomic E-state index is -1.12. The summed E-state index contributed by atoms with van der Waals surface area (Å²) in [6.45, 7) is 0. The van der Waals surface area contributed by atoms with Crippen LogP contribution in [0.15, 0.2) is 0 Å². The van der Waals surface area contributed by atoms with Gasteiger partial charge in [0.25, 0.3) is 0 Å². The van der Waals surface area contributed by atoms with Crippen LogP contribution in [0.4, 0.5) is 4.79 Å². The Morgan fingerprint density at radius 2 is 2.27 bits per heavy atom. The third-order valence-corrected chi connectivity index (χ3v) is 3.93. The maximum absolute atomic E-state index is 10.4. The van der Waals surface area contributed by atoms with Gasteiger partial charge in [-0.1, -0.05) is 17.5 Å². The first kappa shape index (κ1) is 7.41. The average Bonchev–Trinajstić information content (AvgIpc) is 1.84. The van der Waals surface area contributed by atoms with Crippen LogP contribution in [-0.4, -0.2) is 26.6 Å². The first-order valence-electron chi connectivity index (χ1n) is 3.80. The van der Waals surface area contributed by atoms with E-state index in [0.717, 1.165) is 11.7 Å². The lowest BCUT2D eigenvalue weighted by atomic mass is 10.3. The van der Waals surface area contributed by atoms with Crippen molar-refractivity contribution >= 4 is 20.6 Å². The maximum Gasteiger partial charge on any atom is 0.518 e. The third-order valence-electron chi connectivity index (χ3n) is 1.95. The Balaban J connectivity index is 1.98. The monoisotopic (exact) mass is 172 g/mol. The Kier molecular flexibility index (Phi) is 1.60. The van der Waals surface area contributed by atoms with E-state index < -0.39 is 26.6 Å². The van der Waals surface area contributed by atoms with E-state index in [-0.39, 0.29) is 0 Å². The molecule has 2 saturated heterocycles. The Bertz CT molecular complexity index is 185. The van der Waals surface area contributed by atoms with Gasteiger partial charge in [-0.15, -0.1) is 0 Å². The molecule has 60 valence electrons. The van der Waals surface area contributed by atoms with E-state index >= 15 is 0 Å². The third kappa shape index (κ3) is 1.24. The van der Waals surface area contributed by atoms with Gasteiger partial charge in [-0.2, -0.15) is 0 Å². The summed E-state index contributed by atoms with van der Waals surface area (Å²) in [4.78, 5) is 10.4. The molecule has 5 heteroatoms. The van der Waals surface area contributed by atoms with E-state index in [1.54, 1.807) is 0 Å². The van der Waals surface area contributed by atoms with Crippen LogP contribution in [0.2, 0.25) is 11.1 Å². The zero-order valence-corrected chi connectivity index (χ0v) is 7.49. The summed E-state index contributed by atoms with van der Waals surface area (Å²) in [7, 11) is 0. The predicted octanol–water partition coefficient (Wildman–Crippen LogP) is 1.24. The molecule has 2 aliphatic heterocycles. The highest BCUT2D eigenvalue weighted by Crippen LogP contribution is 2.36. The molecule has 0 N–H and O–H groups in total. The zero-order chi connectivity index (χ0) is 7.90. The molecule has 0 aromatic carbocycles. The first-order valence-corrected chi connectivity index (χ1v) is 6.24. The van der Waals surface area contributed by atoms with E-state index in [9.17, 15) is 4.79 Å². The van der Waals surface area contributed by atoms with Crippen molar-refractivity contribution in [2.75, 3.05) is 0 Å². The molecule has 2 aliphatic rings. The fourth-order valence-electron chi connectivity index (χ4n) is 1.44. The van der Waals surface area contributed by atoms with Crippen molar-refractivity contribution in [1.29, 1.82) is 0 Å². The normalized spacial score (nSPS) is 27.4. The van der Waals surface area contributed by atoms with Crippen molar-refractivity contribution in [1.82, 2.24) is 0 Å². The summed E-state index contributed by atoms with van der Waals surface area (Å²) >= 11 is -1.12. The van der Waals surface area contributed by atoms with Crippen LogP contribution in [0.5, 0.6) is 0 Å². The van der Waals surface area contributed by atoms with Gasteiger partial charge in [0.05, 0.1) is 6.42 Å². The molecule has 11 heavy (non-hydrogen) atoms. The number of carbonyl (C=O) groups is 1. The smallest absolute Gasteiger partial charge is 0.435 e. The Morgan fingerprint density at radius 3 is 2.82 bits per heavy atom. The standard InChI is InChI=1S/C5H6O4.CH3.Al/c1-2-3-5(7)8-4(6)9-5;;/h1-3H2;1H3;/q-1;;+1. The maximum atomic E-state index is 10.4. The summed E-state index contributed by atoms with van der Waals surface area (Å²) in [5.74, 6) is 1.14. The van der Waals surface area contributed by atoms with Gasteiger partial charge in [-0.25, -0.2) is 4.79 Å². The van der Waals surface area contributed by atoms with Gasteiger partial charge in [-0.05, 0) is 0 Å². The van der Waals surface area contributed by atoms with Crippen LogP contribution >= 0.6 is 0 Å². The lowest BCUT2D eigenvalue weighted by molar-refractivity contribution is -0.379. The van der Waals surface area contributed by atoms with Crippen molar-refractivity contribution in [3.8, 4) is 0 Å². The minimum Gasteiger partial charge on any atom is -0.435 e. The topological polar surface area (TPSA) is 44.8 Å². The fraction of sp³-hybridized carbons (Fsp3) is 0.833. The van der Waals surface area contributed by atoms with Crippen molar-refractivity contribution < 1.29 is 18.1 Å². The molecule has 0 amide bonds. The molecule has 0 bridgehead atoms. The van der Waals surface area contributed by atoms with E-state index in [4.69, 9.17) is 13.3 Å². The molecule has 2 rings (SSSR count). The van der Waals surface area contributed by atoms with Gasteiger partial charge in [0.15, 0.2) is 0 Å². The Morgan fingerprint density at radius 1 is 1.55 bits per heavy atom. The molecule has 4 nitrogen and oxygen atoms in total. The van der Waals surface area contributed by atoms with Crippen LogP contribution in [0, 0.1) is 0 Å². The van der Waals surface area contributed by atoms with Gasteiger partial charge >= 0.3 is 26.6 Å². The molecule has 0 atom stereocenters. The second kappa shape index (κ2) is 2.38. The van der Waals surface area contributed by atoms with E-state index in [1.807, 2.05) is 0 Å². The second-order valence-corrected chi connectivity index (χ2v) is 5.39. The highest BCUT2D eigenvalue weighted by atomic mass is 27.2. The van der Waals surface area contributed by atoms with Crippen LogP contribution in [-0.2, 0) is 13.3 Å². The SMILES string of the molecule is [CH3][Al]1[CH2]CCC2(OC(=O)O2)[O]1. The van der Waals surface area contributed by atoms with Gasteiger partial charge in [0.2, 0.25) is 0 Å². The molecule has 0 radical (unpaired) electrons. The number of hydrogen-bond acceptors (Lipinski definition) is 4. The summed E-state index contributed by atoms with van der Waals surface area (Å²) in [5.41, 5.74) is 0. The highest BCUT2D eigenvalue weighted by Gasteiger charge is 2.53. The van der Waals surface area contributed by atoms with Crippen molar-refractivity contribution in [3.63, 3.8) is 0 Å². The summed E-state index contributed by atoms with van der Waals surface area (Å²) in [5, 5.41) is 1.14. The predicted molar refractivity (Wildman–Crippen MR) is 37.0 cm³/mol. The average molecular weight is 172 g/mol. The summed E-state index contributed by atoms with van der Waals surface area (Å²) < 4.78 is 15.0. The van der Waals surface area contributed by atoms with E-state index in [0.29, 0.717) is 6.42 Å². The lowest BCUT2D eigenvalue weighted by Gasteiger charge is -2.43. The molecule has 0 saturated carbocycles. The molecule has 1 spiro atoms. The van der Waals surface area contributed by atoms with Gasteiger partial charge < -0.3 is 13.3 Å². The molecule has 0 aliphatic carbocycles. The number of hydrogen-bond donors (Lipinski definition) is 0. The van der Waals surface area contributed by atoms with E-state index in [2.05, 4.69) is 5.79 Å². The van der Waals surface area contributed by atoms with Crippen molar-refractivity contribution in [2.24, 2.45) is 0 Å². The molecule has 2 heterocycles. The minimum absolute atomic E-state index is 0.604. The molecule has 0 aromatic rings. The number of carbonyl (C=O) groups excluding carboxylic acids is 1. The zero-order valence-electron chi connectivity index (χ0n) is 6.33. The highest BCUT2D eigenvalue weighted by molar-refractivity contribution is 6.50. The van der Waals surface area contributed by atoms with Gasteiger partial charge in [0, 0.05) is 0 Å². The fourth-order valence-corrected chi connectivity index (χ4v) is 3.17. The second-order valence-electron chi connectivity index (χ2n) is 2.96. The van der Waals surface area contributed by atoms with Crippen LogP contribution in [0.3, 0.4) is 0 Å². The van der Waals surface area contributed by atoms with Crippen LogP contribution in [0.25, 0.3) is 0 Å². The Hall–Kier alpha value is -0.238. The molecular weight excluding hydrogens is 163 g/mol. The van der Waals surface area contributed by atoms with Crippen LogP contribution in [0.1, 0.15) is 12.8 Å². The summed E-state index contributed by atoms with van der Waals surface area (Å²) in [6.07, 6.45) is 1.13. The van der Waals surface area contributed by atoms with Crippen molar-refractivity contribution in [2.45, 2.75) is 29.9 Å². The van der Waals surface area contributed by atoms with E-state index in [1.165, 1.54) is 0 Å².